The molecule has 1 aromatic carbocycles. The molecular formula is C26H33BrF2N4O3. The minimum Gasteiger partial charge on any atom is -0.444 e. The number of carbonyl (C=O) groups excluding carboxylic acids is 1. The lowest BCUT2D eigenvalue weighted by atomic mass is 9.98. The van der Waals surface area contributed by atoms with Crippen molar-refractivity contribution in [1.29, 1.82) is 0 Å². The molecule has 1 fully saturated rings. The van der Waals surface area contributed by atoms with Crippen LogP contribution in [-0.4, -0.2) is 52.7 Å². The Hall–Kier alpha value is -2.20. The number of aryl methyl sites for hydroxylation is 1. The van der Waals surface area contributed by atoms with Crippen molar-refractivity contribution in [2.45, 2.75) is 77.5 Å². The number of hydrogen-bond donors (Lipinski definition) is 0. The quantitative estimate of drug-likeness (QED) is 0.435. The van der Waals surface area contributed by atoms with E-state index in [0.717, 1.165) is 54.0 Å². The normalized spacial score (nSPS) is 18.9. The number of hydrogen-bond acceptors (Lipinski definition) is 5. The maximum Gasteiger partial charge on any atom is 0.410 e. The Bertz CT molecular complexity index is 1140. The number of halogens is 3. The van der Waals surface area contributed by atoms with Crippen molar-refractivity contribution in [2.75, 3.05) is 31.2 Å². The summed E-state index contributed by atoms with van der Waals surface area (Å²) in [6.07, 6.45) is 1.21. The minimum atomic E-state index is -2.58. The number of aromatic nitrogens is 2. The second-order valence-corrected chi connectivity index (χ2v) is 11.6. The first-order chi connectivity index (χ1) is 17.1. The average Bonchev–Trinajstić information content (AvgIpc) is 3.21. The van der Waals surface area contributed by atoms with E-state index < -0.39 is 12.0 Å². The maximum absolute atomic E-state index is 13.8. The molecule has 7 nitrogen and oxygen atoms in total. The molecule has 0 aliphatic carbocycles. The van der Waals surface area contributed by atoms with Gasteiger partial charge in [0.25, 0.3) is 6.43 Å². The van der Waals surface area contributed by atoms with E-state index in [-0.39, 0.29) is 17.7 Å². The molecule has 0 bridgehead atoms. The average molecular weight is 567 g/mol. The molecule has 2 aromatic rings. The SMILES string of the molecule is CC(C)(C)OC(=O)N1CCc2c(c(N3CCCc4cc(Br)c(C(F)F)cc43)nn2C2CCOCC2)C1. The zero-order chi connectivity index (χ0) is 25.6. The van der Waals surface area contributed by atoms with E-state index in [1.807, 2.05) is 26.8 Å². The van der Waals surface area contributed by atoms with Gasteiger partial charge in [0.2, 0.25) is 0 Å². The van der Waals surface area contributed by atoms with E-state index in [0.29, 0.717) is 43.7 Å². The van der Waals surface area contributed by atoms with Crippen LogP contribution in [0.25, 0.3) is 0 Å². The Morgan fingerprint density at radius 1 is 1.19 bits per heavy atom. The molecule has 5 rings (SSSR count). The van der Waals surface area contributed by atoms with Crippen molar-refractivity contribution in [3.8, 4) is 0 Å². The molecule has 0 unspecified atom stereocenters. The summed E-state index contributed by atoms with van der Waals surface area (Å²) >= 11 is 3.33. The zero-order valence-electron chi connectivity index (χ0n) is 21.0. The number of fused-ring (bicyclic) bond motifs is 2. The highest BCUT2D eigenvalue weighted by Crippen LogP contribution is 2.42. The first-order valence-electron chi connectivity index (χ1n) is 12.7. The van der Waals surface area contributed by atoms with Gasteiger partial charge in [-0.25, -0.2) is 13.6 Å². The van der Waals surface area contributed by atoms with Crippen molar-refractivity contribution in [3.63, 3.8) is 0 Å². The maximum atomic E-state index is 13.8. The van der Waals surface area contributed by atoms with Crippen LogP contribution in [0.2, 0.25) is 0 Å². The predicted octanol–water partition coefficient (Wildman–Crippen LogP) is 6.31. The van der Waals surface area contributed by atoms with Gasteiger partial charge in [0.15, 0.2) is 5.82 Å². The topological polar surface area (TPSA) is 59.8 Å². The number of benzene rings is 1. The molecule has 4 heterocycles. The largest absolute Gasteiger partial charge is 0.444 e. The fourth-order valence-corrected chi connectivity index (χ4v) is 5.93. The van der Waals surface area contributed by atoms with Crippen LogP contribution in [0.1, 0.15) is 74.9 Å². The van der Waals surface area contributed by atoms with Crippen molar-refractivity contribution < 1.29 is 23.0 Å². The van der Waals surface area contributed by atoms with E-state index in [1.165, 1.54) is 0 Å². The van der Waals surface area contributed by atoms with Gasteiger partial charge >= 0.3 is 6.09 Å². The van der Waals surface area contributed by atoms with Crippen LogP contribution < -0.4 is 4.90 Å². The van der Waals surface area contributed by atoms with E-state index in [9.17, 15) is 13.6 Å². The summed E-state index contributed by atoms with van der Waals surface area (Å²) in [6, 6.07) is 3.63. The van der Waals surface area contributed by atoms with Crippen LogP contribution in [0.3, 0.4) is 0 Å². The van der Waals surface area contributed by atoms with E-state index in [2.05, 4.69) is 25.5 Å². The van der Waals surface area contributed by atoms with Crippen molar-refractivity contribution >= 4 is 33.5 Å². The minimum absolute atomic E-state index is 0.0197. The number of nitrogens with zero attached hydrogens (tertiary/aromatic N) is 4. The van der Waals surface area contributed by atoms with Gasteiger partial charge in [0.05, 0.1) is 12.6 Å². The summed E-state index contributed by atoms with van der Waals surface area (Å²) in [7, 11) is 0. The molecule has 0 N–H and O–H groups in total. The van der Waals surface area contributed by atoms with Gasteiger partial charge in [-0.2, -0.15) is 5.10 Å². The second kappa shape index (κ2) is 9.93. The lowest BCUT2D eigenvalue weighted by molar-refractivity contribution is 0.0221. The highest BCUT2D eigenvalue weighted by atomic mass is 79.9. The van der Waals surface area contributed by atoms with Crippen molar-refractivity contribution in [1.82, 2.24) is 14.7 Å². The van der Waals surface area contributed by atoms with Gasteiger partial charge in [-0.1, -0.05) is 15.9 Å². The van der Waals surface area contributed by atoms with Gasteiger partial charge in [-0.3, -0.25) is 4.68 Å². The summed E-state index contributed by atoms with van der Waals surface area (Å²) in [6.45, 7) is 8.58. The fraction of sp³-hybridized carbons (Fsp3) is 0.615. The number of anilines is 2. The van der Waals surface area contributed by atoms with Crippen molar-refractivity contribution in [2.24, 2.45) is 0 Å². The summed E-state index contributed by atoms with van der Waals surface area (Å²) < 4.78 is 41.4. The molecule has 36 heavy (non-hydrogen) atoms. The first-order valence-corrected chi connectivity index (χ1v) is 13.5. The molecular weight excluding hydrogens is 534 g/mol. The molecule has 1 saturated heterocycles. The monoisotopic (exact) mass is 566 g/mol. The molecule has 0 radical (unpaired) electrons. The molecule has 196 valence electrons. The van der Waals surface area contributed by atoms with E-state index in [4.69, 9.17) is 14.6 Å². The Kier molecular flexibility index (Phi) is 7.02. The van der Waals surface area contributed by atoms with Gasteiger partial charge < -0.3 is 19.3 Å². The van der Waals surface area contributed by atoms with E-state index >= 15 is 0 Å². The van der Waals surface area contributed by atoms with Crippen LogP contribution in [0.4, 0.5) is 25.1 Å². The Morgan fingerprint density at radius 3 is 2.64 bits per heavy atom. The Labute approximate surface area is 218 Å². The molecule has 3 aliphatic rings. The van der Waals surface area contributed by atoms with Crippen LogP contribution in [0.5, 0.6) is 0 Å². The van der Waals surface area contributed by atoms with Crippen LogP contribution in [0.15, 0.2) is 16.6 Å². The van der Waals surface area contributed by atoms with Crippen LogP contribution in [-0.2, 0) is 28.9 Å². The Balaban J connectivity index is 1.57. The molecule has 3 aliphatic heterocycles. The lowest BCUT2D eigenvalue weighted by Gasteiger charge is -2.34. The van der Waals surface area contributed by atoms with Gasteiger partial charge in [-0.15, -0.1) is 0 Å². The number of alkyl halides is 2. The third-order valence-electron chi connectivity index (χ3n) is 7.06. The number of ether oxygens (including phenoxy) is 2. The number of carbonyl (C=O) groups is 1. The summed E-state index contributed by atoms with van der Waals surface area (Å²) in [4.78, 5) is 16.7. The number of amides is 1. The summed E-state index contributed by atoms with van der Waals surface area (Å²) in [5, 5.41) is 5.11. The summed E-state index contributed by atoms with van der Waals surface area (Å²) in [5.74, 6) is 0.758. The predicted molar refractivity (Wildman–Crippen MR) is 136 cm³/mol. The number of rotatable bonds is 3. The molecule has 0 saturated carbocycles. The third-order valence-corrected chi connectivity index (χ3v) is 7.75. The highest BCUT2D eigenvalue weighted by molar-refractivity contribution is 9.10. The lowest BCUT2D eigenvalue weighted by Crippen LogP contribution is -2.40. The standard InChI is InChI=1S/C26H33BrF2N4O3/c1-26(2,3)36-25(34)31-10-6-21-19(15-31)24(30-33(21)17-7-11-35-12-8-17)32-9-4-5-16-13-20(27)18(23(28)29)14-22(16)32/h13-14,17,23H,4-12,15H2,1-3H3. The highest BCUT2D eigenvalue weighted by Gasteiger charge is 2.35. The first kappa shape index (κ1) is 25.4. The van der Waals surface area contributed by atoms with Crippen molar-refractivity contribution in [3.05, 3.63) is 39.0 Å². The smallest absolute Gasteiger partial charge is 0.410 e. The Morgan fingerprint density at radius 2 is 1.94 bits per heavy atom. The van der Waals surface area contributed by atoms with Gasteiger partial charge in [0, 0.05) is 59.7 Å². The molecule has 0 spiro atoms. The van der Waals surface area contributed by atoms with Gasteiger partial charge in [-0.05, 0) is 64.2 Å². The fourth-order valence-electron chi connectivity index (χ4n) is 5.37. The van der Waals surface area contributed by atoms with Crippen LogP contribution in [0, 0.1) is 0 Å². The van der Waals surface area contributed by atoms with E-state index in [1.54, 1.807) is 11.0 Å². The molecule has 10 heteroatoms. The molecule has 1 amide bonds. The summed E-state index contributed by atoms with van der Waals surface area (Å²) in [5.41, 5.74) is 3.29. The molecule has 1 aromatic heterocycles. The zero-order valence-corrected chi connectivity index (χ0v) is 22.6. The second-order valence-electron chi connectivity index (χ2n) is 10.7. The van der Waals surface area contributed by atoms with Gasteiger partial charge in [0.1, 0.15) is 5.60 Å². The van der Waals surface area contributed by atoms with Crippen LogP contribution >= 0.6 is 15.9 Å². The molecule has 0 atom stereocenters. The third kappa shape index (κ3) is 4.98.